The van der Waals surface area contributed by atoms with Crippen LogP contribution in [-0.4, -0.2) is 15.7 Å². The van der Waals surface area contributed by atoms with Gasteiger partial charge in [0.05, 0.1) is 17.8 Å². The number of rotatable bonds is 4. The Morgan fingerprint density at radius 3 is 2.32 bits per heavy atom. The lowest BCUT2D eigenvalue weighted by Crippen LogP contribution is -2.14. The lowest BCUT2D eigenvalue weighted by Gasteiger charge is -2.07. The van der Waals surface area contributed by atoms with Crippen LogP contribution in [0.1, 0.15) is 32.9 Å². The third-order valence-corrected chi connectivity index (χ3v) is 4.69. The Bertz CT molecular complexity index is 896. The summed E-state index contributed by atoms with van der Waals surface area (Å²) in [6, 6.07) is 15.9. The van der Waals surface area contributed by atoms with Crippen LogP contribution in [0.5, 0.6) is 0 Å². The van der Waals surface area contributed by atoms with Crippen molar-refractivity contribution in [2.24, 2.45) is 0 Å². The van der Waals surface area contributed by atoms with Gasteiger partial charge in [-0.15, -0.1) is 0 Å². The van der Waals surface area contributed by atoms with Gasteiger partial charge in [0.25, 0.3) is 5.91 Å². The van der Waals surface area contributed by atoms with E-state index in [0.717, 1.165) is 27.1 Å². The van der Waals surface area contributed by atoms with Crippen molar-refractivity contribution >= 4 is 27.5 Å². The van der Waals surface area contributed by atoms with Crippen molar-refractivity contribution in [2.75, 3.05) is 5.32 Å². The summed E-state index contributed by atoms with van der Waals surface area (Å²) in [6.45, 7) is 6.52. The Hall–Kier alpha value is -2.40. The summed E-state index contributed by atoms with van der Waals surface area (Å²) in [4.78, 5) is 12.7. The van der Waals surface area contributed by atoms with Gasteiger partial charge in [-0.3, -0.25) is 9.48 Å². The third kappa shape index (κ3) is 3.99. The highest BCUT2D eigenvalue weighted by molar-refractivity contribution is 9.10. The van der Waals surface area contributed by atoms with Crippen LogP contribution in [0.15, 0.2) is 53.0 Å². The molecular weight excluding hydrogens is 378 g/mol. The minimum atomic E-state index is -0.132. The molecule has 0 spiro atoms. The zero-order chi connectivity index (χ0) is 18.0. The van der Waals surface area contributed by atoms with E-state index in [1.807, 2.05) is 42.8 Å². The van der Waals surface area contributed by atoms with E-state index in [1.54, 1.807) is 0 Å². The van der Waals surface area contributed by atoms with Gasteiger partial charge in [-0.05, 0) is 50.6 Å². The van der Waals surface area contributed by atoms with E-state index in [9.17, 15) is 4.79 Å². The second-order valence-corrected chi connectivity index (χ2v) is 7.07. The fraction of sp³-hybridized carbons (Fsp3) is 0.200. The molecular formula is C20H20BrN3O. The summed E-state index contributed by atoms with van der Waals surface area (Å²) < 4.78 is 2.86. The SMILES string of the molecule is Cc1ccc(Cn2nc(C)c(C(=O)Nc3ccc(Br)cc3)c2C)cc1. The molecule has 4 nitrogen and oxygen atoms in total. The molecule has 0 saturated heterocycles. The molecule has 0 bridgehead atoms. The first-order chi connectivity index (χ1) is 11.9. The Morgan fingerprint density at radius 1 is 1.04 bits per heavy atom. The Labute approximate surface area is 156 Å². The molecule has 5 heteroatoms. The Morgan fingerprint density at radius 2 is 1.68 bits per heavy atom. The van der Waals surface area contributed by atoms with E-state index in [4.69, 9.17) is 0 Å². The van der Waals surface area contributed by atoms with E-state index in [2.05, 4.69) is 57.5 Å². The van der Waals surface area contributed by atoms with Crippen LogP contribution in [0, 0.1) is 20.8 Å². The van der Waals surface area contributed by atoms with E-state index in [-0.39, 0.29) is 5.91 Å². The van der Waals surface area contributed by atoms with E-state index in [0.29, 0.717) is 12.1 Å². The molecule has 0 saturated carbocycles. The fourth-order valence-electron chi connectivity index (χ4n) is 2.77. The molecule has 0 radical (unpaired) electrons. The molecule has 2 aromatic carbocycles. The van der Waals surface area contributed by atoms with Crippen molar-refractivity contribution in [3.05, 3.63) is 81.1 Å². The molecule has 0 aliphatic heterocycles. The molecule has 0 aliphatic rings. The number of nitrogens with zero attached hydrogens (tertiary/aromatic N) is 2. The highest BCUT2D eigenvalue weighted by Gasteiger charge is 2.19. The van der Waals surface area contributed by atoms with Crippen molar-refractivity contribution in [1.29, 1.82) is 0 Å². The summed E-state index contributed by atoms with van der Waals surface area (Å²) in [5.74, 6) is -0.132. The smallest absolute Gasteiger partial charge is 0.259 e. The fourth-order valence-corrected chi connectivity index (χ4v) is 3.04. The summed E-state index contributed by atoms with van der Waals surface area (Å²) in [5.41, 5.74) is 5.39. The molecule has 0 aliphatic carbocycles. The third-order valence-electron chi connectivity index (χ3n) is 4.16. The molecule has 3 aromatic rings. The summed E-state index contributed by atoms with van der Waals surface area (Å²) in [7, 11) is 0. The summed E-state index contributed by atoms with van der Waals surface area (Å²) in [5, 5.41) is 7.49. The largest absolute Gasteiger partial charge is 0.322 e. The average molecular weight is 398 g/mol. The number of carbonyl (C=O) groups excluding carboxylic acids is 1. The highest BCUT2D eigenvalue weighted by atomic mass is 79.9. The maximum absolute atomic E-state index is 12.7. The standard InChI is InChI=1S/C20H20BrN3O/c1-13-4-6-16(7-5-13)12-24-15(3)19(14(2)23-24)20(25)22-18-10-8-17(21)9-11-18/h4-11H,12H2,1-3H3,(H,22,25). The van der Waals surface area contributed by atoms with Crippen LogP contribution in [0.3, 0.4) is 0 Å². The van der Waals surface area contributed by atoms with Gasteiger partial charge in [-0.2, -0.15) is 5.10 Å². The van der Waals surface area contributed by atoms with Gasteiger partial charge in [-0.1, -0.05) is 45.8 Å². The number of anilines is 1. The molecule has 0 fully saturated rings. The molecule has 0 atom stereocenters. The molecule has 1 aromatic heterocycles. The van der Waals surface area contributed by atoms with Crippen LogP contribution < -0.4 is 5.32 Å². The molecule has 1 amide bonds. The van der Waals surface area contributed by atoms with Crippen molar-refractivity contribution < 1.29 is 4.79 Å². The van der Waals surface area contributed by atoms with E-state index in [1.165, 1.54) is 5.56 Å². The predicted octanol–water partition coefficient (Wildman–Crippen LogP) is 4.87. The zero-order valence-corrected chi connectivity index (χ0v) is 16.1. The number of aryl methyl sites for hydroxylation is 2. The lowest BCUT2D eigenvalue weighted by molar-refractivity contribution is 0.102. The second kappa shape index (κ2) is 7.23. The molecule has 128 valence electrons. The monoisotopic (exact) mass is 397 g/mol. The van der Waals surface area contributed by atoms with Crippen molar-refractivity contribution in [1.82, 2.24) is 9.78 Å². The van der Waals surface area contributed by atoms with Gasteiger partial charge in [-0.25, -0.2) is 0 Å². The second-order valence-electron chi connectivity index (χ2n) is 6.15. The number of halogens is 1. The van der Waals surface area contributed by atoms with Crippen LogP contribution in [0.25, 0.3) is 0 Å². The first kappa shape index (κ1) is 17.4. The molecule has 3 rings (SSSR count). The number of nitrogens with one attached hydrogen (secondary N) is 1. The van der Waals surface area contributed by atoms with Crippen molar-refractivity contribution in [2.45, 2.75) is 27.3 Å². The number of carbonyl (C=O) groups is 1. The van der Waals surface area contributed by atoms with Gasteiger partial charge in [0.1, 0.15) is 0 Å². The number of amides is 1. The molecule has 0 unspecified atom stereocenters. The highest BCUT2D eigenvalue weighted by Crippen LogP contribution is 2.19. The zero-order valence-electron chi connectivity index (χ0n) is 14.5. The van der Waals surface area contributed by atoms with Crippen LogP contribution in [-0.2, 0) is 6.54 Å². The predicted molar refractivity (Wildman–Crippen MR) is 104 cm³/mol. The maximum atomic E-state index is 12.7. The average Bonchev–Trinajstić information content (AvgIpc) is 2.85. The molecule has 1 N–H and O–H groups in total. The first-order valence-electron chi connectivity index (χ1n) is 8.10. The first-order valence-corrected chi connectivity index (χ1v) is 8.90. The summed E-state index contributed by atoms with van der Waals surface area (Å²) >= 11 is 3.39. The Balaban J connectivity index is 1.82. The molecule has 1 heterocycles. The van der Waals surface area contributed by atoms with Gasteiger partial charge < -0.3 is 5.32 Å². The number of hydrogen-bond acceptors (Lipinski definition) is 2. The maximum Gasteiger partial charge on any atom is 0.259 e. The minimum absolute atomic E-state index is 0.132. The van der Waals surface area contributed by atoms with Gasteiger partial charge in [0.2, 0.25) is 0 Å². The lowest BCUT2D eigenvalue weighted by atomic mass is 10.1. The normalized spacial score (nSPS) is 10.7. The van der Waals surface area contributed by atoms with Crippen LogP contribution in [0.2, 0.25) is 0 Å². The van der Waals surface area contributed by atoms with Gasteiger partial charge in [0.15, 0.2) is 0 Å². The van der Waals surface area contributed by atoms with E-state index < -0.39 is 0 Å². The van der Waals surface area contributed by atoms with Gasteiger partial charge >= 0.3 is 0 Å². The molecule has 25 heavy (non-hydrogen) atoms. The topological polar surface area (TPSA) is 46.9 Å². The van der Waals surface area contributed by atoms with Gasteiger partial charge in [0, 0.05) is 15.9 Å². The number of hydrogen-bond donors (Lipinski definition) is 1. The Kier molecular flexibility index (Phi) is 5.04. The van der Waals surface area contributed by atoms with Crippen molar-refractivity contribution in [3.8, 4) is 0 Å². The number of aromatic nitrogens is 2. The van der Waals surface area contributed by atoms with Crippen LogP contribution >= 0.6 is 15.9 Å². The van der Waals surface area contributed by atoms with E-state index >= 15 is 0 Å². The van der Waals surface area contributed by atoms with Crippen molar-refractivity contribution in [3.63, 3.8) is 0 Å². The summed E-state index contributed by atoms with van der Waals surface area (Å²) in [6.07, 6.45) is 0. The minimum Gasteiger partial charge on any atom is -0.322 e. The van der Waals surface area contributed by atoms with Crippen LogP contribution in [0.4, 0.5) is 5.69 Å². The quantitative estimate of drug-likeness (QED) is 0.682. The number of benzene rings is 2.